The summed E-state index contributed by atoms with van der Waals surface area (Å²) in [5, 5.41) is 3.88. The van der Waals surface area contributed by atoms with Gasteiger partial charge < -0.3 is 10.2 Å². The molecule has 0 aliphatic carbocycles. The number of hydrogen-bond donors (Lipinski definition) is 1. The lowest BCUT2D eigenvalue weighted by Gasteiger charge is -2.34. The summed E-state index contributed by atoms with van der Waals surface area (Å²) in [4.78, 5) is 45.6. The number of anilines is 1. The van der Waals surface area contributed by atoms with Gasteiger partial charge in [-0.1, -0.05) is 17.4 Å². The Morgan fingerprint density at radius 3 is 2.59 bits per heavy atom. The van der Waals surface area contributed by atoms with Crippen LogP contribution in [0.4, 0.5) is 5.13 Å². The molecule has 0 atom stereocenters. The Morgan fingerprint density at radius 2 is 1.86 bits per heavy atom. The first-order chi connectivity index (χ1) is 14.0. The van der Waals surface area contributed by atoms with Gasteiger partial charge in [0.2, 0.25) is 17.7 Å². The predicted octanol–water partition coefficient (Wildman–Crippen LogP) is 0.992. The number of benzene rings is 1. The van der Waals surface area contributed by atoms with Crippen LogP contribution >= 0.6 is 11.3 Å². The molecule has 0 bridgehead atoms. The number of likely N-dealkylation sites (tertiary alicyclic amines) is 1. The molecule has 2 aliphatic rings. The summed E-state index contributed by atoms with van der Waals surface area (Å²) in [6.45, 7) is 6.82. The van der Waals surface area contributed by atoms with Crippen LogP contribution in [0.1, 0.15) is 18.4 Å². The highest BCUT2D eigenvalue weighted by Gasteiger charge is 2.30. The molecule has 1 aromatic carbocycles. The van der Waals surface area contributed by atoms with Gasteiger partial charge in [0, 0.05) is 52.1 Å². The van der Waals surface area contributed by atoms with Crippen LogP contribution in [0.3, 0.4) is 0 Å². The van der Waals surface area contributed by atoms with E-state index in [1.54, 1.807) is 11.3 Å². The van der Waals surface area contributed by atoms with Gasteiger partial charge in [0.15, 0.2) is 5.13 Å². The summed E-state index contributed by atoms with van der Waals surface area (Å²) in [6.07, 6.45) is 0.426. The number of aromatic nitrogens is 1. The van der Waals surface area contributed by atoms with Crippen LogP contribution in [-0.2, 0) is 14.4 Å². The minimum atomic E-state index is -0.281. The molecule has 2 aromatic rings. The number of amides is 3. The summed E-state index contributed by atoms with van der Waals surface area (Å²) in [5.74, 6) is -0.797. The number of nitrogens with zero attached hydrogens (tertiary/aromatic N) is 4. The van der Waals surface area contributed by atoms with Crippen LogP contribution in [0.25, 0.3) is 10.2 Å². The van der Waals surface area contributed by atoms with Crippen LogP contribution in [0.15, 0.2) is 18.2 Å². The molecule has 8 nitrogen and oxygen atoms in total. The zero-order valence-corrected chi connectivity index (χ0v) is 17.3. The molecule has 29 heavy (non-hydrogen) atoms. The molecule has 1 aromatic heterocycles. The zero-order valence-electron chi connectivity index (χ0n) is 16.5. The van der Waals surface area contributed by atoms with Crippen molar-refractivity contribution in [2.45, 2.75) is 19.8 Å². The van der Waals surface area contributed by atoms with E-state index in [9.17, 15) is 14.4 Å². The molecule has 0 saturated carbocycles. The zero-order chi connectivity index (χ0) is 20.4. The Balaban J connectivity index is 1.20. The van der Waals surface area contributed by atoms with Gasteiger partial charge in [0.25, 0.3) is 0 Å². The highest BCUT2D eigenvalue weighted by atomic mass is 32.1. The molecule has 1 N–H and O–H groups in total. The molecular formula is C20H25N5O3S. The number of hydrogen-bond acceptors (Lipinski definition) is 7. The Hall–Kier alpha value is -2.52. The summed E-state index contributed by atoms with van der Waals surface area (Å²) in [5.41, 5.74) is 2.30. The number of thiazole rings is 1. The molecule has 0 radical (unpaired) electrons. The fourth-order valence-electron chi connectivity index (χ4n) is 3.67. The summed E-state index contributed by atoms with van der Waals surface area (Å²) < 4.78 is 1.22. The Morgan fingerprint density at radius 1 is 1.14 bits per heavy atom. The quantitative estimate of drug-likeness (QED) is 0.709. The van der Waals surface area contributed by atoms with Gasteiger partial charge in [-0.15, -0.1) is 0 Å². The molecule has 2 saturated heterocycles. The van der Waals surface area contributed by atoms with E-state index in [1.807, 2.05) is 0 Å². The van der Waals surface area contributed by atoms with Gasteiger partial charge >= 0.3 is 0 Å². The second kappa shape index (κ2) is 8.46. The van der Waals surface area contributed by atoms with E-state index in [4.69, 9.17) is 4.98 Å². The first-order valence-electron chi connectivity index (χ1n) is 9.94. The topological polar surface area (TPSA) is 85.8 Å². The number of carbonyl (C=O) groups excluding carboxylic acids is 3. The molecule has 3 amide bonds. The van der Waals surface area contributed by atoms with Crippen molar-refractivity contribution in [3.05, 3.63) is 23.8 Å². The molecule has 0 unspecified atom stereocenters. The largest absolute Gasteiger partial charge is 0.353 e. The SMILES string of the molecule is Cc1ccc2nc(N3CCN(CCNC(=O)CN4C(=O)CCC4=O)CC3)sc2c1. The average molecular weight is 416 g/mol. The molecule has 2 aliphatic heterocycles. The van der Waals surface area contributed by atoms with Crippen molar-refractivity contribution in [2.24, 2.45) is 0 Å². The van der Waals surface area contributed by atoms with E-state index < -0.39 is 0 Å². The van der Waals surface area contributed by atoms with Gasteiger partial charge in [-0.05, 0) is 24.6 Å². The molecule has 9 heteroatoms. The van der Waals surface area contributed by atoms with Crippen LogP contribution in [0.5, 0.6) is 0 Å². The Kier molecular flexibility index (Phi) is 5.77. The van der Waals surface area contributed by atoms with Crippen molar-refractivity contribution in [3.63, 3.8) is 0 Å². The number of piperazine rings is 1. The van der Waals surface area contributed by atoms with Gasteiger partial charge in [0.05, 0.1) is 10.2 Å². The Labute approximate surface area is 173 Å². The van der Waals surface area contributed by atoms with E-state index in [1.165, 1.54) is 10.3 Å². The summed E-state index contributed by atoms with van der Waals surface area (Å²) >= 11 is 1.74. The fourth-order valence-corrected chi connectivity index (χ4v) is 4.79. The second-order valence-corrected chi connectivity index (χ2v) is 8.53. The number of nitrogens with one attached hydrogen (secondary N) is 1. The van der Waals surface area contributed by atoms with E-state index in [0.717, 1.165) is 48.3 Å². The van der Waals surface area contributed by atoms with Crippen molar-refractivity contribution in [2.75, 3.05) is 50.7 Å². The third kappa shape index (κ3) is 4.56. The minimum Gasteiger partial charge on any atom is -0.353 e. The third-order valence-corrected chi connectivity index (χ3v) is 6.46. The summed E-state index contributed by atoms with van der Waals surface area (Å²) in [7, 11) is 0. The number of rotatable bonds is 6. The summed E-state index contributed by atoms with van der Waals surface area (Å²) in [6, 6.07) is 6.35. The van der Waals surface area contributed by atoms with Gasteiger partial charge in [-0.2, -0.15) is 0 Å². The molecular weight excluding hydrogens is 390 g/mol. The minimum absolute atomic E-state index is 0.164. The number of imide groups is 1. The van der Waals surface area contributed by atoms with Gasteiger partial charge in [0.1, 0.15) is 6.54 Å². The first kappa shape index (κ1) is 19.8. The molecule has 0 spiro atoms. The van der Waals surface area contributed by atoms with Crippen LogP contribution in [0.2, 0.25) is 0 Å². The number of fused-ring (bicyclic) bond motifs is 1. The third-order valence-electron chi connectivity index (χ3n) is 5.38. The van der Waals surface area contributed by atoms with Crippen molar-refractivity contribution in [1.29, 1.82) is 0 Å². The maximum Gasteiger partial charge on any atom is 0.240 e. The lowest BCUT2D eigenvalue weighted by atomic mass is 10.2. The maximum absolute atomic E-state index is 12.0. The lowest BCUT2D eigenvalue weighted by Crippen LogP contribution is -2.49. The van der Waals surface area contributed by atoms with Crippen LogP contribution in [-0.4, -0.2) is 78.3 Å². The van der Waals surface area contributed by atoms with Crippen molar-refractivity contribution in [1.82, 2.24) is 20.1 Å². The van der Waals surface area contributed by atoms with E-state index >= 15 is 0 Å². The van der Waals surface area contributed by atoms with Crippen molar-refractivity contribution < 1.29 is 14.4 Å². The van der Waals surface area contributed by atoms with E-state index in [0.29, 0.717) is 6.54 Å². The smallest absolute Gasteiger partial charge is 0.240 e. The van der Waals surface area contributed by atoms with Crippen LogP contribution < -0.4 is 10.2 Å². The first-order valence-corrected chi connectivity index (χ1v) is 10.8. The van der Waals surface area contributed by atoms with Crippen molar-refractivity contribution in [3.8, 4) is 0 Å². The standard InChI is InChI=1S/C20H25N5O3S/c1-14-2-3-15-16(12-14)29-20(22-15)24-10-8-23(9-11-24)7-6-21-17(26)13-25-18(27)4-5-19(25)28/h2-3,12H,4-11,13H2,1H3,(H,21,26). The monoisotopic (exact) mass is 415 g/mol. The number of aryl methyl sites for hydroxylation is 1. The second-order valence-electron chi connectivity index (χ2n) is 7.52. The van der Waals surface area contributed by atoms with E-state index in [2.05, 4.69) is 40.2 Å². The molecule has 4 rings (SSSR count). The number of carbonyl (C=O) groups is 3. The fraction of sp³-hybridized carbons (Fsp3) is 0.500. The highest BCUT2D eigenvalue weighted by Crippen LogP contribution is 2.29. The average Bonchev–Trinajstić information content (AvgIpc) is 3.26. The van der Waals surface area contributed by atoms with Gasteiger partial charge in [-0.3, -0.25) is 24.2 Å². The van der Waals surface area contributed by atoms with Crippen LogP contribution in [0, 0.1) is 6.92 Å². The Bertz CT molecular complexity index is 919. The van der Waals surface area contributed by atoms with Crippen molar-refractivity contribution >= 4 is 44.4 Å². The molecule has 2 fully saturated rings. The maximum atomic E-state index is 12.0. The van der Waals surface area contributed by atoms with Gasteiger partial charge in [-0.25, -0.2) is 4.98 Å². The normalized spacial score (nSPS) is 18.1. The molecule has 3 heterocycles. The molecule has 154 valence electrons. The predicted molar refractivity (Wildman–Crippen MR) is 112 cm³/mol. The lowest BCUT2D eigenvalue weighted by molar-refractivity contribution is -0.142. The van der Waals surface area contributed by atoms with E-state index in [-0.39, 0.29) is 37.1 Å². The highest BCUT2D eigenvalue weighted by molar-refractivity contribution is 7.22.